The monoisotopic (exact) mass is 310 g/mol. The summed E-state index contributed by atoms with van der Waals surface area (Å²) in [5.74, 6) is 2.77. The SMILES string of the molecule is C#CCNC(=O)COc1c(Br)cccc1CNC. The molecule has 0 fully saturated rings. The Bertz CT molecular complexity index is 455. The number of hydrogen-bond acceptors (Lipinski definition) is 3. The van der Waals surface area contributed by atoms with Crippen LogP contribution in [0.2, 0.25) is 0 Å². The maximum atomic E-state index is 11.4. The Morgan fingerprint density at radius 3 is 3.00 bits per heavy atom. The molecule has 0 unspecified atom stereocenters. The Kier molecular flexibility index (Phi) is 6.26. The highest BCUT2D eigenvalue weighted by Crippen LogP contribution is 2.28. The van der Waals surface area contributed by atoms with Gasteiger partial charge >= 0.3 is 0 Å². The van der Waals surface area contributed by atoms with Crippen LogP contribution in [0.4, 0.5) is 0 Å². The first-order valence-electron chi connectivity index (χ1n) is 5.44. The molecule has 1 rings (SSSR count). The fourth-order valence-corrected chi connectivity index (χ4v) is 1.90. The number of nitrogens with one attached hydrogen (secondary N) is 2. The average molecular weight is 311 g/mol. The van der Waals surface area contributed by atoms with E-state index in [-0.39, 0.29) is 19.1 Å². The summed E-state index contributed by atoms with van der Waals surface area (Å²) < 4.78 is 6.33. The summed E-state index contributed by atoms with van der Waals surface area (Å²) in [6, 6.07) is 5.73. The molecular formula is C13H15BrN2O2. The van der Waals surface area contributed by atoms with Crippen molar-refractivity contribution in [3.63, 3.8) is 0 Å². The molecule has 96 valence electrons. The smallest absolute Gasteiger partial charge is 0.258 e. The Hall–Kier alpha value is -1.51. The Morgan fingerprint density at radius 1 is 1.56 bits per heavy atom. The third-order valence-corrected chi connectivity index (χ3v) is 2.78. The van der Waals surface area contributed by atoms with E-state index in [4.69, 9.17) is 11.2 Å². The molecular weight excluding hydrogens is 296 g/mol. The van der Waals surface area contributed by atoms with Crippen molar-refractivity contribution >= 4 is 21.8 Å². The molecule has 0 aliphatic rings. The average Bonchev–Trinajstić information content (AvgIpc) is 2.36. The van der Waals surface area contributed by atoms with Crippen LogP contribution in [0.5, 0.6) is 5.75 Å². The first kappa shape index (κ1) is 14.6. The van der Waals surface area contributed by atoms with E-state index < -0.39 is 0 Å². The van der Waals surface area contributed by atoms with Gasteiger partial charge in [-0.15, -0.1) is 6.42 Å². The lowest BCUT2D eigenvalue weighted by Crippen LogP contribution is -2.29. The number of carbonyl (C=O) groups is 1. The predicted molar refractivity (Wildman–Crippen MR) is 74.2 cm³/mol. The van der Waals surface area contributed by atoms with Crippen LogP contribution in [-0.2, 0) is 11.3 Å². The van der Waals surface area contributed by atoms with E-state index in [0.717, 1.165) is 10.0 Å². The van der Waals surface area contributed by atoms with Gasteiger partial charge < -0.3 is 15.4 Å². The van der Waals surface area contributed by atoms with Gasteiger partial charge in [-0.3, -0.25) is 4.79 Å². The van der Waals surface area contributed by atoms with Gasteiger partial charge in [-0.25, -0.2) is 0 Å². The van der Waals surface area contributed by atoms with Crippen molar-refractivity contribution in [2.75, 3.05) is 20.2 Å². The fourth-order valence-electron chi connectivity index (χ4n) is 1.38. The fraction of sp³-hybridized carbons (Fsp3) is 0.308. The zero-order valence-electron chi connectivity index (χ0n) is 10.1. The Balaban J connectivity index is 2.66. The highest BCUT2D eigenvalue weighted by Gasteiger charge is 2.09. The van der Waals surface area contributed by atoms with Crippen LogP contribution in [0, 0.1) is 12.3 Å². The molecule has 1 amide bonds. The first-order valence-corrected chi connectivity index (χ1v) is 6.23. The number of amides is 1. The third kappa shape index (κ3) is 4.40. The largest absolute Gasteiger partial charge is 0.482 e. The molecule has 0 bridgehead atoms. The van der Waals surface area contributed by atoms with Gasteiger partial charge in [0.25, 0.3) is 5.91 Å². The van der Waals surface area contributed by atoms with Crippen LogP contribution in [0.25, 0.3) is 0 Å². The van der Waals surface area contributed by atoms with E-state index in [1.165, 1.54) is 0 Å². The van der Waals surface area contributed by atoms with Crippen LogP contribution in [0.15, 0.2) is 22.7 Å². The normalized spacial score (nSPS) is 9.61. The molecule has 0 atom stereocenters. The maximum absolute atomic E-state index is 11.4. The number of terminal acetylenes is 1. The predicted octanol–water partition coefficient (Wildman–Crippen LogP) is 1.30. The molecule has 4 nitrogen and oxygen atoms in total. The van der Waals surface area contributed by atoms with E-state index in [2.05, 4.69) is 32.5 Å². The van der Waals surface area contributed by atoms with Gasteiger partial charge in [-0.1, -0.05) is 18.1 Å². The van der Waals surface area contributed by atoms with Gasteiger partial charge in [-0.05, 0) is 29.0 Å². The zero-order chi connectivity index (χ0) is 13.4. The molecule has 0 radical (unpaired) electrons. The molecule has 1 aromatic rings. The summed E-state index contributed by atoms with van der Waals surface area (Å²) >= 11 is 3.40. The van der Waals surface area contributed by atoms with Crippen LogP contribution < -0.4 is 15.4 Å². The van der Waals surface area contributed by atoms with Gasteiger partial charge in [0.1, 0.15) is 5.75 Å². The van der Waals surface area contributed by atoms with Crippen molar-refractivity contribution in [2.24, 2.45) is 0 Å². The van der Waals surface area contributed by atoms with Gasteiger partial charge in [0.15, 0.2) is 6.61 Å². The minimum atomic E-state index is -0.237. The van der Waals surface area contributed by atoms with Gasteiger partial charge in [0.05, 0.1) is 11.0 Å². The minimum Gasteiger partial charge on any atom is -0.482 e. The standard InChI is InChI=1S/C13H15BrN2O2/c1-3-7-16-12(17)9-18-13-10(8-15-2)5-4-6-11(13)14/h1,4-6,15H,7-9H2,2H3,(H,16,17). The second-order valence-corrected chi connectivity index (χ2v) is 4.38. The van der Waals surface area contributed by atoms with Gasteiger partial charge in [-0.2, -0.15) is 0 Å². The molecule has 18 heavy (non-hydrogen) atoms. The van der Waals surface area contributed by atoms with Crippen molar-refractivity contribution in [1.82, 2.24) is 10.6 Å². The quantitative estimate of drug-likeness (QED) is 0.779. The van der Waals surface area contributed by atoms with E-state index in [1.54, 1.807) is 0 Å². The second-order valence-electron chi connectivity index (χ2n) is 3.53. The molecule has 0 heterocycles. The molecule has 1 aromatic carbocycles. The minimum absolute atomic E-state index is 0.0546. The van der Waals surface area contributed by atoms with Crippen molar-refractivity contribution in [3.05, 3.63) is 28.2 Å². The van der Waals surface area contributed by atoms with Crippen molar-refractivity contribution in [3.8, 4) is 18.1 Å². The number of benzene rings is 1. The highest BCUT2D eigenvalue weighted by molar-refractivity contribution is 9.10. The number of para-hydroxylation sites is 1. The topological polar surface area (TPSA) is 50.4 Å². The van der Waals surface area contributed by atoms with Crippen LogP contribution in [-0.4, -0.2) is 26.1 Å². The Labute approximate surface area is 115 Å². The van der Waals surface area contributed by atoms with Crippen LogP contribution in [0.1, 0.15) is 5.56 Å². The summed E-state index contributed by atoms with van der Waals surface area (Å²) in [5.41, 5.74) is 0.983. The lowest BCUT2D eigenvalue weighted by Gasteiger charge is -2.12. The lowest BCUT2D eigenvalue weighted by atomic mass is 10.2. The Morgan fingerprint density at radius 2 is 2.33 bits per heavy atom. The summed E-state index contributed by atoms with van der Waals surface area (Å²) in [5, 5.41) is 5.59. The molecule has 0 aliphatic carbocycles. The van der Waals surface area contributed by atoms with Crippen molar-refractivity contribution in [2.45, 2.75) is 6.54 Å². The lowest BCUT2D eigenvalue weighted by molar-refractivity contribution is -0.122. The van der Waals surface area contributed by atoms with Crippen molar-refractivity contribution in [1.29, 1.82) is 0 Å². The number of ether oxygens (including phenoxy) is 1. The first-order chi connectivity index (χ1) is 8.69. The molecule has 2 N–H and O–H groups in total. The summed E-state index contributed by atoms with van der Waals surface area (Å²) in [4.78, 5) is 11.4. The summed E-state index contributed by atoms with van der Waals surface area (Å²) in [7, 11) is 1.85. The van der Waals surface area contributed by atoms with Gasteiger partial charge in [0.2, 0.25) is 0 Å². The zero-order valence-corrected chi connectivity index (χ0v) is 11.7. The second kappa shape index (κ2) is 7.75. The third-order valence-electron chi connectivity index (χ3n) is 2.15. The number of rotatable bonds is 6. The number of hydrogen-bond donors (Lipinski definition) is 2. The summed E-state index contributed by atoms with van der Waals surface area (Å²) in [6.07, 6.45) is 5.05. The molecule has 0 aliphatic heterocycles. The summed E-state index contributed by atoms with van der Waals surface area (Å²) in [6.45, 7) is 0.823. The molecule has 5 heteroatoms. The highest BCUT2D eigenvalue weighted by atomic mass is 79.9. The van der Waals surface area contributed by atoms with Crippen molar-refractivity contribution < 1.29 is 9.53 Å². The van der Waals surface area contributed by atoms with E-state index in [1.807, 2.05) is 25.2 Å². The van der Waals surface area contributed by atoms with Gasteiger partial charge in [0, 0.05) is 12.1 Å². The molecule has 0 saturated heterocycles. The van der Waals surface area contributed by atoms with E-state index in [0.29, 0.717) is 12.3 Å². The number of halogens is 1. The maximum Gasteiger partial charge on any atom is 0.258 e. The molecule has 0 saturated carbocycles. The van der Waals surface area contributed by atoms with Crippen LogP contribution in [0.3, 0.4) is 0 Å². The van der Waals surface area contributed by atoms with E-state index in [9.17, 15) is 4.79 Å². The van der Waals surface area contributed by atoms with Crippen LogP contribution >= 0.6 is 15.9 Å². The molecule has 0 spiro atoms. The molecule has 0 aromatic heterocycles. The van der Waals surface area contributed by atoms with E-state index >= 15 is 0 Å². The number of carbonyl (C=O) groups excluding carboxylic acids is 1.